The largest absolute Gasteiger partial charge is 0.417 e. The summed E-state index contributed by atoms with van der Waals surface area (Å²) in [5, 5.41) is 8.26. The molecular formula is C13H15ClF3NO3S. The molecule has 2 atom stereocenters. The summed E-state index contributed by atoms with van der Waals surface area (Å²) in [6.07, 6.45) is -3.68. The fraction of sp³-hybridized carbons (Fsp3) is 0.538. The van der Waals surface area contributed by atoms with Gasteiger partial charge in [0.25, 0.3) is 0 Å². The second kappa shape index (κ2) is 6.25. The lowest BCUT2D eigenvalue weighted by Gasteiger charge is -2.27. The molecule has 1 saturated carbocycles. The summed E-state index contributed by atoms with van der Waals surface area (Å²) in [5.74, 6) is 0. The van der Waals surface area contributed by atoms with Gasteiger partial charge in [-0.2, -0.15) is 13.2 Å². The van der Waals surface area contributed by atoms with E-state index in [1.807, 2.05) is 0 Å². The summed E-state index contributed by atoms with van der Waals surface area (Å²) in [6, 6.07) is 2.79. The van der Waals surface area contributed by atoms with E-state index in [1.54, 1.807) is 0 Å². The number of aliphatic hydroxyl groups excluding tert-OH is 1. The lowest BCUT2D eigenvalue weighted by molar-refractivity contribution is -0.137. The summed E-state index contributed by atoms with van der Waals surface area (Å²) in [4.78, 5) is 0. The van der Waals surface area contributed by atoms with Crippen LogP contribution in [0.25, 0.3) is 0 Å². The number of hydrogen-bond donors (Lipinski definition) is 2. The molecule has 124 valence electrons. The van der Waals surface area contributed by atoms with Crippen LogP contribution < -0.4 is 4.72 Å². The SMILES string of the molecule is O=S(=O)(Nc1ccc(Cl)c(C(F)(F)F)c1)C1CCCCC1O. The van der Waals surface area contributed by atoms with Gasteiger partial charge in [0, 0.05) is 5.69 Å². The second-order valence-electron chi connectivity index (χ2n) is 5.23. The number of halogens is 4. The molecule has 22 heavy (non-hydrogen) atoms. The zero-order chi connectivity index (χ0) is 16.5. The van der Waals surface area contributed by atoms with Crippen molar-refractivity contribution in [1.29, 1.82) is 0 Å². The number of hydrogen-bond acceptors (Lipinski definition) is 3. The van der Waals surface area contributed by atoms with Crippen LogP contribution in [0.15, 0.2) is 18.2 Å². The minimum Gasteiger partial charge on any atom is -0.392 e. The van der Waals surface area contributed by atoms with Gasteiger partial charge in [0.2, 0.25) is 10.0 Å². The van der Waals surface area contributed by atoms with Gasteiger partial charge in [-0.15, -0.1) is 0 Å². The summed E-state index contributed by atoms with van der Waals surface area (Å²) < 4.78 is 64.9. The first-order chi connectivity index (χ1) is 10.1. The first kappa shape index (κ1) is 17.4. The molecule has 0 aliphatic heterocycles. The molecule has 0 heterocycles. The van der Waals surface area contributed by atoms with Gasteiger partial charge in [-0.05, 0) is 31.0 Å². The zero-order valence-corrected chi connectivity index (χ0v) is 13.0. The average molecular weight is 358 g/mol. The number of rotatable bonds is 3. The molecule has 2 unspecified atom stereocenters. The third kappa shape index (κ3) is 3.85. The Labute approximate surface area is 131 Å². The van der Waals surface area contributed by atoms with Crippen molar-refractivity contribution in [2.24, 2.45) is 0 Å². The molecule has 1 aliphatic carbocycles. The normalized spacial score (nSPS) is 23.3. The molecule has 2 rings (SSSR count). The second-order valence-corrected chi connectivity index (χ2v) is 7.54. The van der Waals surface area contributed by atoms with Gasteiger partial charge in [0.1, 0.15) is 5.25 Å². The highest BCUT2D eigenvalue weighted by atomic mass is 35.5. The lowest BCUT2D eigenvalue weighted by atomic mass is 9.97. The molecule has 9 heteroatoms. The van der Waals surface area contributed by atoms with Crippen LogP contribution in [0.1, 0.15) is 31.2 Å². The predicted octanol–water partition coefficient (Wildman–Crippen LogP) is 3.40. The van der Waals surface area contributed by atoms with E-state index >= 15 is 0 Å². The average Bonchev–Trinajstić information content (AvgIpc) is 2.39. The van der Waals surface area contributed by atoms with Crippen molar-refractivity contribution in [3.63, 3.8) is 0 Å². The van der Waals surface area contributed by atoms with Crippen molar-refractivity contribution >= 4 is 27.3 Å². The molecule has 0 saturated heterocycles. The Kier molecular flexibility index (Phi) is 4.93. The minimum absolute atomic E-state index is 0.227. The molecule has 1 aliphatic rings. The standard InChI is InChI=1S/C13H15ClF3NO3S/c14-10-6-5-8(7-9(10)13(15,16)17)18-22(20,21)12-4-2-1-3-11(12)19/h5-7,11-12,18-19H,1-4H2. The Bertz CT molecular complexity index is 648. The minimum atomic E-state index is -4.68. The first-order valence-electron chi connectivity index (χ1n) is 6.68. The monoisotopic (exact) mass is 357 g/mol. The van der Waals surface area contributed by atoms with E-state index in [0.717, 1.165) is 18.6 Å². The van der Waals surface area contributed by atoms with Gasteiger partial charge in [-0.1, -0.05) is 24.4 Å². The molecule has 0 amide bonds. The quantitative estimate of drug-likeness (QED) is 0.871. The van der Waals surface area contributed by atoms with E-state index in [9.17, 15) is 26.7 Å². The lowest BCUT2D eigenvalue weighted by Crippen LogP contribution is -2.40. The maximum absolute atomic E-state index is 12.8. The van der Waals surface area contributed by atoms with Crippen LogP contribution >= 0.6 is 11.6 Å². The molecule has 1 aromatic rings. The molecule has 0 radical (unpaired) electrons. The predicted molar refractivity (Wildman–Crippen MR) is 77.3 cm³/mol. The van der Waals surface area contributed by atoms with Crippen LogP contribution in [-0.4, -0.2) is 24.9 Å². The Balaban J connectivity index is 2.26. The highest BCUT2D eigenvalue weighted by molar-refractivity contribution is 7.93. The molecular weight excluding hydrogens is 343 g/mol. The van der Waals surface area contributed by atoms with E-state index in [-0.39, 0.29) is 12.1 Å². The third-order valence-corrected chi connectivity index (χ3v) is 5.79. The van der Waals surface area contributed by atoms with E-state index in [1.165, 1.54) is 0 Å². The fourth-order valence-electron chi connectivity index (χ4n) is 2.49. The molecule has 0 spiro atoms. The molecule has 2 N–H and O–H groups in total. The number of aliphatic hydroxyl groups is 1. The van der Waals surface area contributed by atoms with E-state index in [0.29, 0.717) is 18.9 Å². The van der Waals surface area contributed by atoms with Crippen LogP contribution in [0, 0.1) is 0 Å². The topological polar surface area (TPSA) is 66.4 Å². The Morgan fingerprint density at radius 2 is 1.86 bits per heavy atom. The van der Waals surface area contributed by atoms with Crippen LogP contribution in [0.3, 0.4) is 0 Å². The Morgan fingerprint density at radius 1 is 1.23 bits per heavy atom. The zero-order valence-electron chi connectivity index (χ0n) is 11.4. The van der Waals surface area contributed by atoms with Crippen molar-refractivity contribution in [3.8, 4) is 0 Å². The highest BCUT2D eigenvalue weighted by Gasteiger charge is 2.36. The van der Waals surface area contributed by atoms with Crippen LogP contribution in [0.2, 0.25) is 5.02 Å². The molecule has 4 nitrogen and oxygen atoms in total. The van der Waals surface area contributed by atoms with Gasteiger partial charge >= 0.3 is 6.18 Å². The van der Waals surface area contributed by atoms with Crippen LogP contribution in [0.5, 0.6) is 0 Å². The van der Waals surface area contributed by atoms with Gasteiger partial charge < -0.3 is 5.11 Å². The van der Waals surface area contributed by atoms with Gasteiger partial charge in [0.05, 0.1) is 16.7 Å². The molecule has 0 bridgehead atoms. The number of anilines is 1. The van der Waals surface area contributed by atoms with Crippen molar-refractivity contribution in [2.45, 2.75) is 43.2 Å². The highest BCUT2D eigenvalue weighted by Crippen LogP contribution is 2.36. The van der Waals surface area contributed by atoms with Crippen molar-refractivity contribution < 1.29 is 26.7 Å². The van der Waals surface area contributed by atoms with E-state index < -0.39 is 38.1 Å². The fourth-order valence-corrected chi connectivity index (χ4v) is 4.34. The summed E-state index contributed by atoms with van der Waals surface area (Å²) in [7, 11) is -3.97. The summed E-state index contributed by atoms with van der Waals surface area (Å²) in [6.45, 7) is 0. The number of sulfonamides is 1. The van der Waals surface area contributed by atoms with Crippen LogP contribution in [-0.2, 0) is 16.2 Å². The maximum Gasteiger partial charge on any atom is 0.417 e. The summed E-state index contributed by atoms with van der Waals surface area (Å²) >= 11 is 5.49. The molecule has 0 aromatic heterocycles. The van der Waals surface area contributed by atoms with Crippen LogP contribution in [0.4, 0.5) is 18.9 Å². The van der Waals surface area contributed by atoms with Gasteiger partial charge in [0.15, 0.2) is 0 Å². The summed E-state index contributed by atoms with van der Waals surface area (Å²) in [5.41, 5.74) is -1.34. The first-order valence-corrected chi connectivity index (χ1v) is 8.60. The smallest absolute Gasteiger partial charge is 0.392 e. The van der Waals surface area contributed by atoms with Gasteiger partial charge in [-0.25, -0.2) is 8.42 Å². The van der Waals surface area contributed by atoms with Crippen molar-refractivity contribution in [1.82, 2.24) is 0 Å². The maximum atomic E-state index is 12.8. The Morgan fingerprint density at radius 3 is 2.45 bits per heavy atom. The Hall–Kier alpha value is -0.990. The van der Waals surface area contributed by atoms with Crippen molar-refractivity contribution in [2.75, 3.05) is 4.72 Å². The molecule has 1 fully saturated rings. The number of benzene rings is 1. The van der Waals surface area contributed by atoms with E-state index in [4.69, 9.17) is 11.6 Å². The molecule has 1 aromatic carbocycles. The third-order valence-electron chi connectivity index (χ3n) is 3.60. The van der Waals surface area contributed by atoms with E-state index in [2.05, 4.69) is 4.72 Å². The number of alkyl halides is 3. The van der Waals surface area contributed by atoms with Gasteiger partial charge in [-0.3, -0.25) is 4.72 Å². The van der Waals surface area contributed by atoms with Crippen molar-refractivity contribution in [3.05, 3.63) is 28.8 Å². The number of nitrogens with one attached hydrogen (secondary N) is 1.